The van der Waals surface area contributed by atoms with E-state index in [0.717, 1.165) is 62.5 Å². The highest BCUT2D eigenvalue weighted by molar-refractivity contribution is 7.23. The first-order valence-electron chi connectivity index (χ1n) is 12.0. The number of morpholine rings is 1. The van der Waals surface area contributed by atoms with E-state index >= 15 is 4.39 Å². The molecular formula is C25H21F2N7O2S. The fourth-order valence-corrected chi connectivity index (χ4v) is 6.40. The van der Waals surface area contributed by atoms with Gasteiger partial charge in [-0.3, -0.25) is 9.88 Å². The smallest absolute Gasteiger partial charge is 0.226 e. The molecule has 0 aliphatic carbocycles. The number of nitriles is 1. The van der Waals surface area contributed by atoms with E-state index in [4.69, 9.17) is 15.2 Å². The number of ether oxygens (including phenoxy) is 2. The van der Waals surface area contributed by atoms with Crippen molar-refractivity contribution < 1.29 is 18.3 Å². The zero-order valence-corrected chi connectivity index (χ0v) is 20.4. The number of hydrogen-bond acceptors (Lipinski definition) is 10. The van der Waals surface area contributed by atoms with Crippen LogP contribution in [0.2, 0.25) is 0 Å². The predicted octanol–water partition coefficient (Wildman–Crippen LogP) is 3.19. The SMILES string of the molecule is N#Cc1c(N)sc2c(F)cnc(-c3c4c(c5cnc(N6CC(N7CCOCC7)C6)nc5c3F)COC4)c12. The quantitative estimate of drug-likeness (QED) is 0.434. The van der Waals surface area contributed by atoms with Crippen LogP contribution in [0.1, 0.15) is 16.7 Å². The molecule has 2 N–H and O–H groups in total. The minimum Gasteiger partial charge on any atom is -0.389 e. The monoisotopic (exact) mass is 521 g/mol. The number of aromatic nitrogens is 3. The van der Waals surface area contributed by atoms with Gasteiger partial charge in [0.25, 0.3) is 0 Å². The molecule has 3 aromatic heterocycles. The molecule has 0 unspecified atom stereocenters. The Morgan fingerprint density at radius 3 is 2.65 bits per heavy atom. The van der Waals surface area contributed by atoms with Crippen LogP contribution in [-0.4, -0.2) is 65.3 Å². The Balaban J connectivity index is 1.36. The van der Waals surface area contributed by atoms with Gasteiger partial charge in [-0.15, -0.1) is 11.3 Å². The van der Waals surface area contributed by atoms with Gasteiger partial charge < -0.3 is 20.1 Å². The second-order valence-electron chi connectivity index (χ2n) is 9.39. The standard InChI is InChI=1S/C25H21F2N7O2S/c26-17-7-30-22(19-13(5-28)24(29)37-23(17)19)18-16-11-36-10-15(16)14-6-31-25(32-21(14)20(18)27)34-8-12(9-34)33-1-3-35-4-2-33/h6-7,12H,1-4,8-11,29H2. The largest absolute Gasteiger partial charge is 0.389 e. The van der Waals surface area contributed by atoms with Gasteiger partial charge >= 0.3 is 0 Å². The molecule has 7 rings (SSSR count). The minimum absolute atomic E-state index is 0.0901. The van der Waals surface area contributed by atoms with Gasteiger partial charge in [-0.1, -0.05) is 0 Å². The van der Waals surface area contributed by atoms with Crippen LogP contribution < -0.4 is 10.6 Å². The highest BCUT2D eigenvalue weighted by Crippen LogP contribution is 2.45. The molecule has 12 heteroatoms. The molecule has 1 aromatic carbocycles. The van der Waals surface area contributed by atoms with Crippen LogP contribution in [0.15, 0.2) is 12.4 Å². The fourth-order valence-electron chi connectivity index (χ4n) is 5.48. The number of pyridine rings is 1. The van der Waals surface area contributed by atoms with Crippen molar-refractivity contribution in [3.63, 3.8) is 0 Å². The number of halogens is 2. The molecule has 0 atom stereocenters. The number of anilines is 2. The zero-order chi connectivity index (χ0) is 25.3. The van der Waals surface area contributed by atoms with E-state index in [1.165, 1.54) is 0 Å². The minimum atomic E-state index is -0.608. The summed E-state index contributed by atoms with van der Waals surface area (Å²) in [6, 6.07) is 2.42. The Bertz CT molecular complexity index is 1620. The van der Waals surface area contributed by atoms with E-state index in [1.54, 1.807) is 6.20 Å². The third-order valence-corrected chi connectivity index (χ3v) is 8.47. The van der Waals surface area contributed by atoms with E-state index in [1.807, 2.05) is 11.0 Å². The van der Waals surface area contributed by atoms with Crippen LogP contribution in [0.4, 0.5) is 19.7 Å². The molecule has 4 aromatic rings. The molecule has 0 spiro atoms. The van der Waals surface area contributed by atoms with Gasteiger partial charge in [0, 0.05) is 54.8 Å². The van der Waals surface area contributed by atoms with Crippen molar-refractivity contribution >= 4 is 43.3 Å². The van der Waals surface area contributed by atoms with E-state index in [0.29, 0.717) is 22.9 Å². The highest BCUT2D eigenvalue weighted by atomic mass is 32.1. The van der Waals surface area contributed by atoms with E-state index in [9.17, 15) is 9.65 Å². The van der Waals surface area contributed by atoms with Crippen molar-refractivity contribution in [3.8, 4) is 17.3 Å². The van der Waals surface area contributed by atoms with Crippen molar-refractivity contribution in [1.82, 2.24) is 19.9 Å². The van der Waals surface area contributed by atoms with Crippen molar-refractivity contribution in [2.24, 2.45) is 0 Å². The molecule has 2 saturated heterocycles. The average molecular weight is 522 g/mol. The number of rotatable bonds is 3. The number of nitrogens with zero attached hydrogens (tertiary/aromatic N) is 6. The Morgan fingerprint density at radius 2 is 1.86 bits per heavy atom. The lowest BCUT2D eigenvalue weighted by Gasteiger charge is -2.46. The maximum Gasteiger partial charge on any atom is 0.226 e. The highest BCUT2D eigenvalue weighted by Gasteiger charge is 2.35. The van der Waals surface area contributed by atoms with Gasteiger partial charge in [-0.25, -0.2) is 18.7 Å². The van der Waals surface area contributed by atoms with E-state index in [2.05, 4.69) is 19.9 Å². The molecule has 188 valence electrons. The summed E-state index contributed by atoms with van der Waals surface area (Å²) in [5, 5.41) is 10.7. The van der Waals surface area contributed by atoms with Crippen LogP contribution in [0.5, 0.6) is 0 Å². The maximum atomic E-state index is 16.4. The number of hydrogen-bond donors (Lipinski definition) is 1. The zero-order valence-electron chi connectivity index (χ0n) is 19.6. The predicted molar refractivity (Wildman–Crippen MR) is 134 cm³/mol. The first-order chi connectivity index (χ1) is 18.0. The van der Waals surface area contributed by atoms with E-state index < -0.39 is 11.6 Å². The summed E-state index contributed by atoms with van der Waals surface area (Å²) in [6.07, 6.45) is 2.69. The Labute approximate surface area is 214 Å². The summed E-state index contributed by atoms with van der Waals surface area (Å²) in [7, 11) is 0. The number of fused-ring (bicyclic) bond motifs is 4. The summed E-state index contributed by atoms with van der Waals surface area (Å²) < 4.78 is 42.3. The van der Waals surface area contributed by atoms with Gasteiger partial charge in [0.05, 0.1) is 48.6 Å². The van der Waals surface area contributed by atoms with Crippen LogP contribution in [0.25, 0.3) is 32.2 Å². The number of nitrogens with two attached hydrogens (primary N) is 1. The normalized spacial score (nSPS) is 18.4. The van der Waals surface area contributed by atoms with Gasteiger partial charge in [-0.05, 0) is 11.1 Å². The summed E-state index contributed by atoms with van der Waals surface area (Å²) in [5.41, 5.74) is 7.96. The molecule has 6 heterocycles. The third kappa shape index (κ3) is 3.39. The van der Waals surface area contributed by atoms with Crippen LogP contribution in [-0.2, 0) is 22.7 Å². The van der Waals surface area contributed by atoms with E-state index in [-0.39, 0.29) is 50.6 Å². The summed E-state index contributed by atoms with van der Waals surface area (Å²) >= 11 is 0.953. The number of nitrogen functional groups attached to an aromatic ring is 1. The first kappa shape index (κ1) is 22.7. The Kier molecular flexibility index (Phi) is 5.23. The summed E-state index contributed by atoms with van der Waals surface area (Å²) in [4.78, 5) is 17.9. The first-order valence-corrected chi connectivity index (χ1v) is 12.8. The lowest BCUT2D eigenvalue weighted by Crippen LogP contribution is -2.62. The van der Waals surface area contributed by atoms with Crippen molar-refractivity contribution in [2.45, 2.75) is 19.3 Å². The molecule has 0 saturated carbocycles. The Morgan fingerprint density at radius 1 is 1.08 bits per heavy atom. The van der Waals surface area contributed by atoms with Gasteiger partial charge in [0.15, 0.2) is 11.6 Å². The van der Waals surface area contributed by atoms with Gasteiger partial charge in [-0.2, -0.15) is 5.26 Å². The average Bonchev–Trinajstić information content (AvgIpc) is 3.50. The molecule has 0 radical (unpaired) electrons. The molecular weight excluding hydrogens is 500 g/mol. The summed E-state index contributed by atoms with van der Waals surface area (Å²) in [6.45, 7) is 5.22. The van der Waals surface area contributed by atoms with Crippen LogP contribution in [0, 0.1) is 23.0 Å². The van der Waals surface area contributed by atoms with Crippen molar-refractivity contribution in [1.29, 1.82) is 5.26 Å². The van der Waals surface area contributed by atoms with Gasteiger partial charge in [0.1, 0.15) is 16.6 Å². The molecule has 3 aliphatic heterocycles. The molecule has 0 bridgehead atoms. The second-order valence-corrected chi connectivity index (χ2v) is 10.4. The summed E-state index contributed by atoms with van der Waals surface area (Å²) in [5.74, 6) is -0.749. The molecule has 0 amide bonds. The fraction of sp³-hybridized carbons (Fsp3) is 0.360. The molecule has 9 nitrogen and oxygen atoms in total. The molecule has 2 fully saturated rings. The molecule has 3 aliphatic rings. The van der Waals surface area contributed by atoms with Crippen molar-refractivity contribution in [2.75, 3.05) is 50.0 Å². The van der Waals surface area contributed by atoms with Crippen molar-refractivity contribution in [3.05, 3.63) is 40.7 Å². The second kappa shape index (κ2) is 8.53. The van der Waals surface area contributed by atoms with Crippen LogP contribution >= 0.6 is 11.3 Å². The lowest BCUT2D eigenvalue weighted by atomic mass is 9.94. The van der Waals surface area contributed by atoms with Gasteiger partial charge in [0.2, 0.25) is 5.95 Å². The maximum absolute atomic E-state index is 16.4. The lowest BCUT2D eigenvalue weighted by molar-refractivity contribution is 0.0103. The number of thiophene rings is 1. The topological polar surface area (TPSA) is 113 Å². The number of benzene rings is 1. The van der Waals surface area contributed by atoms with Crippen LogP contribution in [0.3, 0.4) is 0 Å². The molecule has 37 heavy (non-hydrogen) atoms. The Hall–Kier alpha value is -3.50. The third-order valence-electron chi connectivity index (χ3n) is 7.44.